The Hall–Kier alpha value is -0.340. The van der Waals surface area contributed by atoms with E-state index in [1.54, 1.807) is 0 Å². The van der Waals surface area contributed by atoms with Crippen molar-refractivity contribution in [3.05, 3.63) is 22.4 Å². The second-order valence-corrected chi connectivity index (χ2v) is 5.35. The van der Waals surface area contributed by atoms with Gasteiger partial charge >= 0.3 is 0 Å². The molecule has 0 aliphatic carbocycles. The zero-order valence-electron chi connectivity index (χ0n) is 10.7. The summed E-state index contributed by atoms with van der Waals surface area (Å²) >= 11 is 1.88. The van der Waals surface area contributed by atoms with Gasteiger partial charge in [-0.25, -0.2) is 0 Å². The number of unbranched alkanes of at least 4 members (excludes halogenated alkanes) is 3. The SMILES string of the molecule is CCCCCCNC(CCC)c1cccs1. The molecule has 0 fully saturated rings. The van der Waals surface area contributed by atoms with Gasteiger partial charge in [-0.2, -0.15) is 0 Å². The van der Waals surface area contributed by atoms with Crippen LogP contribution in [0.25, 0.3) is 0 Å². The van der Waals surface area contributed by atoms with Gasteiger partial charge in [0.05, 0.1) is 0 Å². The Kier molecular flexibility index (Phi) is 7.52. The van der Waals surface area contributed by atoms with Crippen molar-refractivity contribution < 1.29 is 0 Å². The van der Waals surface area contributed by atoms with Gasteiger partial charge in [-0.1, -0.05) is 45.6 Å². The molecule has 1 unspecified atom stereocenters. The third kappa shape index (κ3) is 5.13. The van der Waals surface area contributed by atoms with Crippen molar-refractivity contribution in [2.75, 3.05) is 6.54 Å². The van der Waals surface area contributed by atoms with Crippen LogP contribution in [0.1, 0.15) is 63.3 Å². The average Bonchev–Trinajstić information content (AvgIpc) is 2.81. The summed E-state index contributed by atoms with van der Waals surface area (Å²) in [5.74, 6) is 0. The molecule has 1 heterocycles. The van der Waals surface area contributed by atoms with Gasteiger partial charge in [-0.05, 0) is 30.8 Å². The summed E-state index contributed by atoms with van der Waals surface area (Å²) in [5, 5.41) is 5.87. The van der Waals surface area contributed by atoms with Crippen LogP contribution in [0, 0.1) is 0 Å². The van der Waals surface area contributed by atoms with Crippen LogP contribution in [0.4, 0.5) is 0 Å². The number of thiophene rings is 1. The fourth-order valence-corrected chi connectivity index (χ4v) is 2.79. The first-order valence-corrected chi connectivity index (χ1v) is 7.53. The summed E-state index contributed by atoms with van der Waals surface area (Å²) in [6.07, 6.45) is 7.90. The molecule has 0 bridgehead atoms. The van der Waals surface area contributed by atoms with Crippen molar-refractivity contribution in [2.24, 2.45) is 0 Å². The maximum absolute atomic E-state index is 3.69. The van der Waals surface area contributed by atoms with E-state index >= 15 is 0 Å². The van der Waals surface area contributed by atoms with Crippen molar-refractivity contribution in [3.8, 4) is 0 Å². The van der Waals surface area contributed by atoms with Gasteiger partial charge in [-0.3, -0.25) is 0 Å². The van der Waals surface area contributed by atoms with Crippen LogP contribution in [0.15, 0.2) is 17.5 Å². The highest BCUT2D eigenvalue weighted by Crippen LogP contribution is 2.23. The molecule has 92 valence electrons. The van der Waals surface area contributed by atoms with Gasteiger partial charge in [-0.15, -0.1) is 11.3 Å². The van der Waals surface area contributed by atoms with Gasteiger partial charge < -0.3 is 5.32 Å². The molecule has 1 nitrogen and oxygen atoms in total. The molecule has 2 heteroatoms. The monoisotopic (exact) mass is 239 g/mol. The lowest BCUT2D eigenvalue weighted by molar-refractivity contribution is 0.484. The topological polar surface area (TPSA) is 12.0 Å². The molecule has 0 saturated carbocycles. The molecule has 0 aliphatic rings. The van der Waals surface area contributed by atoms with E-state index in [0.29, 0.717) is 6.04 Å². The first kappa shape index (κ1) is 13.7. The molecule has 0 aromatic carbocycles. The quantitative estimate of drug-likeness (QED) is 0.613. The summed E-state index contributed by atoms with van der Waals surface area (Å²) in [7, 11) is 0. The van der Waals surface area contributed by atoms with Crippen LogP contribution in [0.2, 0.25) is 0 Å². The van der Waals surface area contributed by atoms with Crippen molar-refractivity contribution in [1.82, 2.24) is 5.32 Å². The highest BCUT2D eigenvalue weighted by Gasteiger charge is 2.09. The predicted octanol–water partition coefficient (Wildman–Crippen LogP) is 4.76. The number of rotatable bonds is 9. The Morgan fingerprint density at radius 2 is 2.06 bits per heavy atom. The predicted molar refractivity (Wildman–Crippen MR) is 74.1 cm³/mol. The Balaban J connectivity index is 2.24. The van der Waals surface area contributed by atoms with Crippen molar-refractivity contribution >= 4 is 11.3 Å². The maximum Gasteiger partial charge on any atom is 0.0414 e. The number of hydrogen-bond acceptors (Lipinski definition) is 2. The fourth-order valence-electron chi connectivity index (χ4n) is 1.95. The van der Waals surface area contributed by atoms with Crippen molar-refractivity contribution in [1.29, 1.82) is 0 Å². The van der Waals surface area contributed by atoms with Crippen LogP contribution in [-0.2, 0) is 0 Å². The second-order valence-electron chi connectivity index (χ2n) is 4.37. The fraction of sp³-hybridized carbons (Fsp3) is 0.714. The van der Waals surface area contributed by atoms with E-state index in [2.05, 4.69) is 36.7 Å². The van der Waals surface area contributed by atoms with Crippen molar-refractivity contribution in [2.45, 2.75) is 58.4 Å². The Morgan fingerprint density at radius 1 is 1.19 bits per heavy atom. The van der Waals surface area contributed by atoms with E-state index in [1.807, 2.05) is 11.3 Å². The van der Waals surface area contributed by atoms with E-state index < -0.39 is 0 Å². The van der Waals surface area contributed by atoms with Crippen LogP contribution < -0.4 is 5.32 Å². The Labute approximate surface area is 104 Å². The summed E-state index contributed by atoms with van der Waals surface area (Å²) in [4.78, 5) is 1.50. The molecule has 0 radical (unpaired) electrons. The number of nitrogens with one attached hydrogen (secondary N) is 1. The molecule has 0 saturated heterocycles. The van der Waals surface area contributed by atoms with Gasteiger partial charge in [0, 0.05) is 10.9 Å². The molecule has 0 aliphatic heterocycles. The first-order valence-electron chi connectivity index (χ1n) is 6.65. The lowest BCUT2D eigenvalue weighted by atomic mass is 10.1. The van der Waals surface area contributed by atoms with Gasteiger partial charge in [0.1, 0.15) is 0 Å². The van der Waals surface area contributed by atoms with E-state index in [9.17, 15) is 0 Å². The normalized spacial score (nSPS) is 12.9. The molecule has 16 heavy (non-hydrogen) atoms. The zero-order chi connectivity index (χ0) is 11.6. The summed E-state index contributed by atoms with van der Waals surface area (Å²) in [5.41, 5.74) is 0. The van der Waals surface area contributed by atoms with E-state index in [1.165, 1.54) is 49.9 Å². The molecular formula is C14H25NS. The molecule has 1 aromatic heterocycles. The summed E-state index contributed by atoms with van der Waals surface area (Å²) in [6, 6.07) is 5.00. The second kappa shape index (κ2) is 8.77. The highest BCUT2D eigenvalue weighted by molar-refractivity contribution is 7.10. The third-order valence-electron chi connectivity index (χ3n) is 2.89. The van der Waals surface area contributed by atoms with Gasteiger partial charge in [0.25, 0.3) is 0 Å². The van der Waals surface area contributed by atoms with Crippen LogP contribution in [0.3, 0.4) is 0 Å². The maximum atomic E-state index is 3.69. The minimum Gasteiger partial charge on any atom is -0.309 e. The molecule has 0 spiro atoms. The smallest absolute Gasteiger partial charge is 0.0414 e. The largest absolute Gasteiger partial charge is 0.309 e. The zero-order valence-corrected chi connectivity index (χ0v) is 11.5. The standard InChI is InChI=1S/C14H25NS/c1-3-5-6-7-11-15-13(9-4-2)14-10-8-12-16-14/h8,10,12-13,15H,3-7,9,11H2,1-2H3. The van der Waals surface area contributed by atoms with Gasteiger partial charge in [0.15, 0.2) is 0 Å². The molecular weight excluding hydrogens is 214 g/mol. The van der Waals surface area contributed by atoms with E-state index in [-0.39, 0.29) is 0 Å². The van der Waals surface area contributed by atoms with Crippen LogP contribution in [0.5, 0.6) is 0 Å². The lowest BCUT2D eigenvalue weighted by Gasteiger charge is -2.16. The third-order valence-corrected chi connectivity index (χ3v) is 3.87. The molecule has 0 amide bonds. The average molecular weight is 239 g/mol. The molecule has 1 aromatic rings. The highest BCUT2D eigenvalue weighted by atomic mass is 32.1. The van der Waals surface area contributed by atoms with E-state index in [0.717, 1.165) is 0 Å². The van der Waals surface area contributed by atoms with Gasteiger partial charge in [0.2, 0.25) is 0 Å². The first-order chi connectivity index (χ1) is 7.88. The molecule has 1 rings (SSSR count). The Morgan fingerprint density at radius 3 is 2.69 bits per heavy atom. The minimum atomic E-state index is 0.589. The summed E-state index contributed by atoms with van der Waals surface area (Å²) in [6.45, 7) is 5.70. The summed E-state index contributed by atoms with van der Waals surface area (Å²) < 4.78 is 0. The lowest BCUT2D eigenvalue weighted by Crippen LogP contribution is -2.21. The Bertz CT molecular complexity index is 243. The molecule has 1 atom stereocenters. The van der Waals surface area contributed by atoms with Crippen molar-refractivity contribution in [3.63, 3.8) is 0 Å². The van der Waals surface area contributed by atoms with E-state index in [4.69, 9.17) is 0 Å². The van der Waals surface area contributed by atoms with Crippen LogP contribution >= 0.6 is 11.3 Å². The molecule has 1 N–H and O–H groups in total. The number of hydrogen-bond donors (Lipinski definition) is 1. The minimum absolute atomic E-state index is 0.589. The van der Waals surface area contributed by atoms with Crippen LogP contribution in [-0.4, -0.2) is 6.54 Å².